The predicted octanol–water partition coefficient (Wildman–Crippen LogP) is 5.08. The molecule has 1 heterocycles. The van der Waals surface area contributed by atoms with Gasteiger partial charge in [-0.15, -0.1) is 12.4 Å². The molecule has 4 aromatic rings. The van der Waals surface area contributed by atoms with Gasteiger partial charge in [-0.3, -0.25) is 15.1 Å². The Morgan fingerprint density at radius 3 is 2.44 bits per heavy atom. The first-order valence-corrected chi connectivity index (χ1v) is 12.3. The van der Waals surface area contributed by atoms with Crippen molar-refractivity contribution in [3.8, 4) is 5.75 Å². The normalized spacial score (nSPS) is 10.4. The Morgan fingerprint density at radius 2 is 1.74 bits per heavy atom. The number of esters is 1. The fraction of sp³-hybridized carbons (Fsp3) is 0.207. The van der Waals surface area contributed by atoms with Gasteiger partial charge in [0.2, 0.25) is 0 Å². The molecular formula is C29H30ClN5O4. The summed E-state index contributed by atoms with van der Waals surface area (Å²) in [5, 5.41) is 8.33. The second-order valence-corrected chi connectivity index (χ2v) is 8.53. The zero-order valence-corrected chi connectivity index (χ0v) is 22.3. The Kier molecular flexibility index (Phi) is 10.3. The van der Waals surface area contributed by atoms with E-state index in [1.54, 1.807) is 43.5 Å². The molecule has 3 aromatic carbocycles. The monoisotopic (exact) mass is 547 g/mol. The molecular weight excluding hydrogens is 518 g/mol. The molecule has 0 spiro atoms. The van der Waals surface area contributed by atoms with E-state index in [2.05, 4.69) is 9.97 Å². The molecule has 3 N–H and O–H groups in total. The minimum atomic E-state index is -0.608. The third-order valence-corrected chi connectivity index (χ3v) is 5.84. The van der Waals surface area contributed by atoms with Crippen LogP contribution in [0.2, 0.25) is 0 Å². The standard InChI is InChI=1S/C29H29N5O4.ClH/c1-2-37-27(35)16-17-34(23-6-4-3-5-7-23)29(36)38-24-14-13-22-19-32-26(33-25(22)18-24)15-10-20-8-11-21(12-9-20)28(30)31;/h3-9,11-14,18-19H,2,10,15-17H2,1H3,(H3,30,31);1H. The molecule has 0 unspecified atom stereocenters. The Balaban J connectivity index is 0.00000420. The number of amidine groups is 1. The van der Waals surface area contributed by atoms with Crippen molar-refractivity contribution < 1.29 is 19.1 Å². The highest BCUT2D eigenvalue weighted by atomic mass is 35.5. The maximum absolute atomic E-state index is 13.1. The first kappa shape index (κ1) is 29.1. The molecule has 202 valence electrons. The molecule has 0 aliphatic heterocycles. The van der Waals surface area contributed by atoms with Crippen LogP contribution in [0.15, 0.2) is 79.0 Å². The van der Waals surface area contributed by atoms with Crippen LogP contribution in [0, 0.1) is 5.41 Å². The van der Waals surface area contributed by atoms with Gasteiger partial charge in [-0.1, -0.05) is 42.5 Å². The van der Waals surface area contributed by atoms with Crippen LogP contribution < -0.4 is 15.4 Å². The number of halogens is 1. The van der Waals surface area contributed by atoms with Crippen LogP contribution in [0.4, 0.5) is 10.5 Å². The topological polar surface area (TPSA) is 131 Å². The molecule has 0 aliphatic carbocycles. The van der Waals surface area contributed by atoms with Crippen molar-refractivity contribution in [2.45, 2.75) is 26.2 Å². The molecule has 0 saturated heterocycles. The summed E-state index contributed by atoms with van der Waals surface area (Å²) < 4.78 is 10.7. The minimum absolute atomic E-state index is 0. The number of nitrogens with two attached hydrogens (primary N) is 1. The summed E-state index contributed by atoms with van der Waals surface area (Å²) in [6.07, 6.45) is 2.53. The van der Waals surface area contributed by atoms with Gasteiger partial charge >= 0.3 is 12.1 Å². The van der Waals surface area contributed by atoms with Gasteiger partial charge in [-0.05, 0) is 43.2 Å². The molecule has 0 aliphatic rings. The molecule has 39 heavy (non-hydrogen) atoms. The van der Waals surface area contributed by atoms with Gasteiger partial charge in [0.15, 0.2) is 0 Å². The number of benzene rings is 3. The van der Waals surface area contributed by atoms with Crippen LogP contribution in [-0.4, -0.2) is 41.0 Å². The van der Waals surface area contributed by atoms with Crippen LogP contribution >= 0.6 is 12.4 Å². The number of para-hydroxylation sites is 1. The van der Waals surface area contributed by atoms with Crippen LogP contribution in [0.1, 0.15) is 30.3 Å². The summed E-state index contributed by atoms with van der Waals surface area (Å²) in [6, 6.07) is 21.7. The van der Waals surface area contributed by atoms with Crippen molar-refractivity contribution in [3.05, 3.63) is 95.9 Å². The lowest BCUT2D eigenvalue weighted by molar-refractivity contribution is -0.142. The second kappa shape index (κ2) is 13.9. The first-order valence-electron chi connectivity index (χ1n) is 12.3. The van der Waals surface area contributed by atoms with E-state index in [9.17, 15) is 9.59 Å². The van der Waals surface area contributed by atoms with E-state index in [0.29, 0.717) is 34.8 Å². The number of carbonyl (C=O) groups is 2. The van der Waals surface area contributed by atoms with Gasteiger partial charge in [0.05, 0.1) is 18.5 Å². The highest BCUT2D eigenvalue weighted by Crippen LogP contribution is 2.22. The maximum Gasteiger partial charge on any atom is 0.419 e. The van der Waals surface area contributed by atoms with Crippen molar-refractivity contribution in [1.29, 1.82) is 5.41 Å². The zero-order chi connectivity index (χ0) is 26.9. The Labute approximate surface area is 232 Å². The van der Waals surface area contributed by atoms with Gasteiger partial charge in [0, 0.05) is 41.9 Å². The van der Waals surface area contributed by atoms with Crippen LogP contribution in [-0.2, 0) is 22.4 Å². The highest BCUT2D eigenvalue weighted by molar-refractivity contribution is 5.95. The van der Waals surface area contributed by atoms with Gasteiger partial charge in [-0.25, -0.2) is 14.8 Å². The number of nitrogens with one attached hydrogen (secondary N) is 1. The summed E-state index contributed by atoms with van der Waals surface area (Å²) in [6.45, 7) is 2.14. The predicted molar refractivity (Wildman–Crippen MR) is 153 cm³/mol. The Morgan fingerprint density at radius 1 is 1.00 bits per heavy atom. The number of aryl methyl sites for hydroxylation is 2. The number of aromatic nitrogens is 2. The molecule has 1 aromatic heterocycles. The summed E-state index contributed by atoms with van der Waals surface area (Å²) in [4.78, 5) is 35.5. The third kappa shape index (κ3) is 7.99. The van der Waals surface area contributed by atoms with E-state index in [1.807, 2.05) is 42.5 Å². The lowest BCUT2D eigenvalue weighted by Gasteiger charge is -2.21. The fourth-order valence-corrected chi connectivity index (χ4v) is 3.86. The SMILES string of the molecule is CCOC(=O)CCN(C(=O)Oc1ccc2cnc(CCc3ccc(C(=N)N)cc3)nc2c1)c1ccccc1.Cl. The number of fused-ring (bicyclic) bond motifs is 1. The number of nitrogens with zero attached hydrogens (tertiary/aromatic N) is 3. The van der Waals surface area contributed by atoms with Gasteiger partial charge in [0.25, 0.3) is 0 Å². The van der Waals surface area contributed by atoms with Gasteiger partial charge < -0.3 is 15.2 Å². The molecule has 0 radical (unpaired) electrons. The molecule has 0 bridgehead atoms. The van der Waals surface area contributed by atoms with Crippen molar-refractivity contribution in [1.82, 2.24) is 9.97 Å². The second-order valence-electron chi connectivity index (χ2n) is 8.53. The lowest BCUT2D eigenvalue weighted by atomic mass is 10.1. The van der Waals surface area contributed by atoms with Crippen molar-refractivity contribution in [2.24, 2.45) is 5.73 Å². The number of hydrogen-bond acceptors (Lipinski definition) is 7. The van der Waals surface area contributed by atoms with Crippen molar-refractivity contribution in [3.63, 3.8) is 0 Å². The number of carbonyl (C=O) groups excluding carboxylic acids is 2. The van der Waals surface area contributed by atoms with E-state index in [1.165, 1.54) is 4.90 Å². The minimum Gasteiger partial charge on any atom is -0.466 e. The van der Waals surface area contributed by atoms with E-state index in [4.69, 9.17) is 20.6 Å². The summed E-state index contributed by atoms with van der Waals surface area (Å²) >= 11 is 0. The van der Waals surface area contributed by atoms with E-state index < -0.39 is 6.09 Å². The summed E-state index contributed by atoms with van der Waals surface area (Å²) in [7, 11) is 0. The molecule has 9 nitrogen and oxygen atoms in total. The number of rotatable bonds is 10. The average Bonchev–Trinajstić information content (AvgIpc) is 2.92. The van der Waals surface area contributed by atoms with Crippen molar-refractivity contribution >= 4 is 46.9 Å². The number of nitrogen functional groups attached to an aromatic ring is 1. The molecule has 1 amide bonds. The van der Waals surface area contributed by atoms with Crippen molar-refractivity contribution in [2.75, 3.05) is 18.1 Å². The summed E-state index contributed by atoms with van der Waals surface area (Å²) in [5.74, 6) is 0.656. The molecule has 4 rings (SSSR count). The molecule has 0 atom stereocenters. The Hall–Kier alpha value is -4.50. The van der Waals surface area contributed by atoms with Crippen LogP contribution in [0.5, 0.6) is 5.75 Å². The molecule has 10 heteroatoms. The first-order chi connectivity index (χ1) is 18.4. The van der Waals surface area contributed by atoms with E-state index in [-0.39, 0.29) is 43.8 Å². The Bertz CT molecular complexity index is 1430. The largest absolute Gasteiger partial charge is 0.466 e. The number of anilines is 1. The third-order valence-electron chi connectivity index (χ3n) is 5.84. The lowest BCUT2D eigenvalue weighted by Crippen LogP contribution is -2.35. The van der Waals surface area contributed by atoms with E-state index in [0.717, 1.165) is 17.4 Å². The number of amides is 1. The number of hydrogen-bond donors (Lipinski definition) is 2. The highest BCUT2D eigenvalue weighted by Gasteiger charge is 2.20. The van der Waals surface area contributed by atoms with Crippen LogP contribution in [0.3, 0.4) is 0 Å². The van der Waals surface area contributed by atoms with E-state index >= 15 is 0 Å². The average molecular weight is 548 g/mol. The zero-order valence-electron chi connectivity index (χ0n) is 21.5. The summed E-state index contributed by atoms with van der Waals surface area (Å²) in [5.41, 5.74) is 8.56. The van der Waals surface area contributed by atoms with Crippen LogP contribution in [0.25, 0.3) is 10.9 Å². The van der Waals surface area contributed by atoms with Gasteiger partial charge in [-0.2, -0.15) is 0 Å². The van der Waals surface area contributed by atoms with Gasteiger partial charge in [0.1, 0.15) is 17.4 Å². The fourth-order valence-electron chi connectivity index (χ4n) is 3.86. The molecule has 0 saturated carbocycles. The molecule has 0 fully saturated rings. The quantitative estimate of drug-likeness (QED) is 0.161. The smallest absolute Gasteiger partial charge is 0.419 e. The number of ether oxygens (including phenoxy) is 2. The maximum atomic E-state index is 13.1.